The molecule has 2 amide bonds. The van der Waals surface area contributed by atoms with Crippen LogP contribution < -0.4 is 10.6 Å². The van der Waals surface area contributed by atoms with Crippen molar-refractivity contribution >= 4 is 23.8 Å². The van der Waals surface area contributed by atoms with Crippen LogP contribution in [-0.4, -0.2) is 50.1 Å². The van der Waals surface area contributed by atoms with E-state index in [1.165, 1.54) is 12.2 Å². The van der Waals surface area contributed by atoms with Crippen LogP contribution in [0, 0.1) is 0 Å². The standard InChI is InChI=1S/C20H32N2O6/c1-3-17(23)11-9-15-27-19(25)21-13-7-5-6-8-14-22-20(26)28-16-10-12-18(24)4-2/h3-4H,1-2,5-16H2,(H,21,25)(H,22,26). The van der Waals surface area contributed by atoms with Gasteiger partial charge in [0.15, 0.2) is 11.6 Å². The number of ether oxygens (including phenoxy) is 2. The number of hydrogen-bond donors (Lipinski definition) is 2. The normalized spacial score (nSPS) is 9.86. The molecule has 0 saturated heterocycles. The summed E-state index contributed by atoms with van der Waals surface area (Å²) in [6.07, 6.45) is 6.62. The van der Waals surface area contributed by atoms with E-state index in [4.69, 9.17) is 9.47 Å². The molecule has 2 N–H and O–H groups in total. The molecule has 0 saturated carbocycles. The van der Waals surface area contributed by atoms with Gasteiger partial charge in [-0.1, -0.05) is 26.0 Å². The summed E-state index contributed by atoms with van der Waals surface area (Å²) in [6, 6.07) is 0. The van der Waals surface area contributed by atoms with Gasteiger partial charge in [0.05, 0.1) is 13.2 Å². The summed E-state index contributed by atoms with van der Waals surface area (Å²) in [5.74, 6) is -0.126. The van der Waals surface area contributed by atoms with E-state index >= 15 is 0 Å². The Balaban J connectivity index is 3.38. The zero-order valence-corrected chi connectivity index (χ0v) is 16.5. The molecule has 0 radical (unpaired) electrons. The molecule has 0 rings (SSSR count). The molecule has 28 heavy (non-hydrogen) atoms. The van der Waals surface area contributed by atoms with E-state index in [0.717, 1.165) is 25.7 Å². The summed E-state index contributed by atoms with van der Waals surface area (Å²) in [4.78, 5) is 44.8. The molecule has 0 aliphatic carbocycles. The SMILES string of the molecule is C=CC(=O)CCCOC(=O)NCCCCCCNC(=O)OCCCC(=O)C=C. The number of hydrogen-bond acceptors (Lipinski definition) is 6. The van der Waals surface area contributed by atoms with Crippen molar-refractivity contribution in [1.82, 2.24) is 10.6 Å². The smallest absolute Gasteiger partial charge is 0.407 e. The highest BCUT2D eigenvalue weighted by molar-refractivity contribution is 5.89. The number of amides is 2. The maximum absolute atomic E-state index is 11.4. The summed E-state index contributed by atoms with van der Waals surface area (Å²) in [6.45, 7) is 8.19. The Labute approximate surface area is 166 Å². The number of allylic oxidation sites excluding steroid dienone is 2. The summed E-state index contributed by atoms with van der Waals surface area (Å²) < 4.78 is 9.89. The maximum Gasteiger partial charge on any atom is 0.407 e. The summed E-state index contributed by atoms with van der Waals surface area (Å²) in [5, 5.41) is 5.30. The highest BCUT2D eigenvalue weighted by Crippen LogP contribution is 1.99. The quantitative estimate of drug-likeness (QED) is 0.289. The topological polar surface area (TPSA) is 111 Å². The summed E-state index contributed by atoms with van der Waals surface area (Å²) in [7, 11) is 0. The molecule has 0 aliphatic rings. The van der Waals surface area contributed by atoms with Crippen LogP contribution >= 0.6 is 0 Å². The van der Waals surface area contributed by atoms with E-state index in [2.05, 4.69) is 23.8 Å². The van der Waals surface area contributed by atoms with Crippen molar-refractivity contribution in [1.29, 1.82) is 0 Å². The molecule has 0 heterocycles. The second-order valence-corrected chi connectivity index (χ2v) is 6.09. The third-order valence-electron chi connectivity index (χ3n) is 3.70. The first-order valence-electron chi connectivity index (χ1n) is 9.61. The highest BCUT2D eigenvalue weighted by Gasteiger charge is 2.03. The number of unbranched alkanes of at least 4 members (excludes halogenated alkanes) is 3. The zero-order valence-electron chi connectivity index (χ0n) is 16.5. The van der Waals surface area contributed by atoms with Crippen LogP contribution in [0.2, 0.25) is 0 Å². The van der Waals surface area contributed by atoms with E-state index in [0.29, 0.717) is 38.8 Å². The highest BCUT2D eigenvalue weighted by atomic mass is 16.6. The van der Waals surface area contributed by atoms with E-state index in [-0.39, 0.29) is 24.8 Å². The Hall–Kier alpha value is -2.64. The van der Waals surface area contributed by atoms with Gasteiger partial charge in [0.2, 0.25) is 0 Å². The molecular weight excluding hydrogens is 364 g/mol. The third kappa shape index (κ3) is 16.8. The molecule has 0 spiro atoms. The molecule has 0 aromatic rings. The predicted molar refractivity (Wildman–Crippen MR) is 106 cm³/mol. The fourth-order valence-corrected chi connectivity index (χ4v) is 2.11. The van der Waals surface area contributed by atoms with E-state index < -0.39 is 12.2 Å². The number of carbonyl (C=O) groups is 4. The molecule has 0 aliphatic heterocycles. The Morgan fingerprint density at radius 3 is 1.39 bits per heavy atom. The predicted octanol–water partition coefficient (Wildman–Crippen LogP) is 3.07. The van der Waals surface area contributed by atoms with Crippen molar-refractivity contribution in [2.24, 2.45) is 0 Å². The third-order valence-corrected chi connectivity index (χ3v) is 3.70. The number of alkyl carbamates (subject to hydrolysis) is 2. The van der Waals surface area contributed by atoms with Gasteiger partial charge in [0, 0.05) is 25.9 Å². The van der Waals surface area contributed by atoms with Crippen LogP contribution in [0.1, 0.15) is 51.4 Å². The van der Waals surface area contributed by atoms with Gasteiger partial charge in [-0.15, -0.1) is 0 Å². The van der Waals surface area contributed by atoms with Crippen LogP contribution in [0.4, 0.5) is 9.59 Å². The second-order valence-electron chi connectivity index (χ2n) is 6.09. The molecule has 0 aromatic carbocycles. The Bertz CT molecular complexity index is 473. The van der Waals surface area contributed by atoms with Crippen molar-refractivity contribution in [3.05, 3.63) is 25.3 Å². The molecule has 8 nitrogen and oxygen atoms in total. The molecular formula is C20H32N2O6. The summed E-state index contributed by atoms with van der Waals surface area (Å²) >= 11 is 0. The van der Waals surface area contributed by atoms with Crippen molar-refractivity contribution < 1.29 is 28.7 Å². The Kier molecular flexibility index (Phi) is 16.1. The molecule has 0 atom stereocenters. The van der Waals surface area contributed by atoms with E-state index in [9.17, 15) is 19.2 Å². The minimum atomic E-state index is -0.481. The lowest BCUT2D eigenvalue weighted by atomic mass is 10.2. The van der Waals surface area contributed by atoms with Gasteiger partial charge >= 0.3 is 12.2 Å². The van der Waals surface area contributed by atoms with Crippen LogP contribution in [0.5, 0.6) is 0 Å². The number of ketones is 2. The van der Waals surface area contributed by atoms with Gasteiger partial charge in [-0.05, 0) is 37.8 Å². The average molecular weight is 396 g/mol. The minimum absolute atomic E-state index is 0.0632. The molecule has 0 aromatic heterocycles. The van der Waals surface area contributed by atoms with Crippen LogP contribution in [-0.2, 0) is 19.1 Å². The van der Waals surface area contributed by atoms with Crippen molar-refractivity contribution in [3.8, 4) is 0 Å². The van der Waals surface area contributed by atoms with Gasteiger partial charge in [0.1, 0.15) is 0 Å². The maximum atomic E-state index is 11.4. The molecule has 0 unspecified atom stereocenters. The zero-order chi connectivity index (χ0) is 21.0. The molecule has 158 valence electrons. The second kappa shape index (κ2) is 17.8. The fraction of sp³-hybridized carbons (Fsp3) is 0.600. The van der Waals surface area contributed by atoms with Crippen LogP contribution in [0.25, 0.3) is 0 Å². The molecule has 0 fully saturated rings. The number of nitrogens with one attached hydrogen (secondary N) is 2. The fourth-order valence-electron chi connectivity index (χ4n) is 2.11. The average Bonchev–Trinajstić information content (AvgIpc) is 2.69. The van der Waals surface area contributed by atoms with E-state index in [1.54, 1.807) is 0 Å². The molecule has 8 heteroatoms. The lowest BCUT2D eigenvalue weighted by Gasteiger charge is -2.07. The minimum Gasteiger partial charge on any atom is -0.450 e. The van der Waals surface area contributed by atoms with Gasteiger partial charge in [-0.3, -0.25) is 9.59 Å². The largest absolute Gasteiger partial charge is 0.450 e. The number of rotatable bonds is 17. The number of carbonyl (C=O) groups excluding carboxylic acids is 4. The van der Waals surface area contributed by atoms with Gasteiger partial charge < -0.3 is 20.1 Å². The van der Waals surface area contributed by atoms with Gasteiger partial charge in [-0.2, -0.15) is 0 Å². The van der Waals surface area contributed by atoms with Crippen LogP contribution in [0.3, 0.4) is 0 Å². The Morgan fingerprint density at radius 1 is 0.643 bits per heavy atom. The van der Waals surface area contributed by atoms with Gasteiger partial charge in [0.25, 0.3) is 0 Å². The van der Waals surface area contributed by atoms with Crippen molar-refractivity contribution in [2.75, 3.05) is 26.3 Å². The van der Waals surface area contributed by atoms with Crippen LogP contribution in [0.15, 0.2) is 25.3 Å². The van der Waals surface area contributed by atoms with E-state index in [1.807, 2.05) is 0 Å². The Morgan fingerprint density at radius 2 is 1.04 bits per heavy atom. The van der Waals surface area contributed by atoms with Crippen molar-refractivity contribution in [2.45, 2.75) is 51.4 Å². The lowest BCUT2D eigenvalue weighted by molar-refractivity contribution is -0.115. The summed E-state index contributed by atoms with van der Waals surface area (Å²) in [5.41, 5.74) is 0. The first-order valence-corrected chi connectivity index (χ1v) is 9.61. The first kappa shape index (κ1) is 25.4. The monoisotopic (exact) mass is 396 g/mol. The van der Waals surface area contributed by atoms with Gasteiger partial charge in [-0.25, -0.2) is 9.59 Å². The first-order chi connectivity index (χ1) is 13.5. The van der Waals surface area contributed by atoms with Crippen molar-refractivity contribution in [3.63, 3.8) is 0 Å². The lowest BCUT2D eigenvalue weighted by Crippen LogP contribution is -2.26. The molecule has 0 bridgehead atoms.